The molecule has 0 aliphatic rings. The van der Waals surface area contributed by atoms with Gasteiger partial charge in [-0.25, -0.2) is 4.79 Å². The standard InChI is InChI=1S/C21H24N2O3/c1-6-15-11-14(2)12-16(13-15)19(24)22-17-9-7-8-10-18(17)23-20(25)26-21(3,4)5/h6-13H,1H2,2-5H3,(H,22,24)(H,23,25). The Bertz CT molecular complexity index is 835. The molecule has 2 amide bonds. The van der Waals surface area contributed by atoms with Crippen LogP contribution in [-0.2, 0) is 4.74 Å². The minimum Gasteiger partial charge on any atom is -0.444 e. The monoisotopic (exact) mass is 352 g/mol. The summed E-state index contributed by atoms with van der Waals surface area (Å²) in [5.74, 6) is -0.268. The molecule has 0 saturated carbocycles. The molecule has 26 heavy (non-hydrogen) atoms. The summed E-state index contributed by atoms with van der Waals surface area (Å²) in [6, 6.07) is 12.5. The molecule has 0 radical (unpaired) electrons. The predicted molar refractivity (Wildman–Crippen MR) is 106 cm³/mol. The van der Waals surface area contributed by atoms with E-state index >= 15 is 0 Å². The van der Waals surface area contributed by atoms with Gasteiger partial charge in [-0.3, -0.25) is 10.1 Å². The van der Waals surface area contributed by atoms with E-state index in [9.17, 15) is 9.59 Å². The van der Waals surface area contributed by atoms with Crippen molar-refractivity contribution in [3.05, 3.63) is 65.7 Å². The van der Waals surface area contributed by atoms with Crippen molar-refractivity contribution < 1.29 is 14.3 Å². The smallest absolute Gasteiger partial charge is 0.412 e. The van der Waals surface area contributed by atoms with Crippen LogP contribution in [0.4, 0.5) is 16.2 Å². The van der Waals surface area contributed by atoms with Crippen LogP contribution in [0.3, 0.4) is 0 Å². The number of carbonyl (C=O) groups excluding carboxylic acids is 2. The minimum atomic E-state index is -0.606. The maximum Gasteiger partial charge on any atom is 0.412 e. The summed E-state index contributed by atoms with van der Waals surface area (Å²) in [6.07, 6.45) is 1.12. The third kappa shape index (κ3) is 5.48. The van der Waals surface area contributed by atoms with E-state index in [1.807, 2.05) is 13.0 Å². The highest BCUT2D eigenvalue weighted by Gasteiger charge is 2.18. The summed E-state index contributed by atoms with van der Waals surface area (Å²) in [4.78, 5) is 24.6. The van der Waals surface area contributed by atoms with Gasteiger partial charge in [0.05, 0.1) is 11.4 Å². The molecular weight excluding hydrogens is 328 g/mol. The van der Waals surface area contributed by atoms with Crippen molar-refractivity contribution in [1.82, 2.24) is 0 Å². The summed E-state index contributed by atoms with van der Waals surface area (Å²) in [5, 5.41) is 5.50. The van der Waals surface area contributed by atoms with Gasteiger partial charge < -0.3 is 10.1 Å². The van der Waals surface area contributed by atoms with Gasteiger partial charge in [0.2, 0.25) is 0 Å². The molecule has 0 aliphatic heterocycles. The number of carbonyl (C=O) groups is 2. The fraction of sp³-hybridized carbons (Fsp3) is 0.238. The molecule has 5 heteroatoms. The van der Waals surface area contributed by atoms with Crippen LogP contribution in [0.5, 0.6) is 0 Å². The quantitative estimate of drug-likeness (QED) is 0.791. The fourth-order valence-corrected chi connectivity index (χ4v) is 2.37. The zero-order valence-electron chi connectivity index (χ0n) is 15.6. The van der Waals surface area contributed by atoms with Crippen LogP contribution in [-0.4, -0.2) is 17.6 Å². The second kappa shape index (κ2) is 7.87. The summed E-state index contributed by atoms with van der Waals surface area (Å²) in [6.45, 7) is 11.0. The lowest BCUT2D eigenvalue weighted by Gasteiger charge is -2.20. The van der Waals surface area contributed by atoms with Gasteiger partial charge in [0.25, 0.3) is 5.91 Å². The van der Waals surface area contributed by atoms with Crippen LogP contribution in [0, 0.1) is 6.92 Å². The van der Waals surface area contributed by atoms with Crippen LogP contribution in [0.15, 0.2) is 49.0 Å². The first-order chi connectivity index (χ1) is 12.2. The number of anilines is 2. The molecule has 0 aliphatic carbocycles. The Kier molecular flexibility index (Phi) is 5.82. The molecule has 2 aromatic carbocycles. The average molecular weight is 352 g/mol. The SMILES string of the molecule is C=Cc1cc(C)cc(C(=O)Nc2ccccc2NC(=O)OC(C)(C)C)c1. The van der Waals surface area contributed by atoms with E-state index in [2.05, 4.69) is 17.2 Å². The molecule has 0 bridgehead atoms. The van der Waals surface area contributed by atoms with Crippen molar-refractivity contribution in [2.24, 2.45) is 0 Å². The van der Waals surface area contributed by atoms with Crippen molar-refractivity contribution >= 4 is 29.5 Å². The number of hydrogen-bond donors (Lipinski definition) is 2. The van der Waals surface area contributed by atoms with E-state index in [1.165, 1.54) is 0 Å². The lowest BCUT2D eigenvalue weighted by molar-refractivity contribution is 0.0635. The molecule has 5 nitrogen and oxygen atoms in total. The van der Waals surface area contributed by atoms with Crippen LogP contribution in [0.25, 0.3) is 6.08 Å². The van der Waals surface area contributed by atoms with Crippen LogP contribution >= 0.6 is 0 Å². The predicted octanol–water partition coefficient (Wildman–Crippen LogP) is 5.24. The number of ether oxygens (including phenoxy) is 1. The lowest BCUT2D eigenvalue weighted by atomic mass is 10.1. The molecule has 2 N–H and O–H groups in total. The van der Waals surface area contributed by atoms with Gasteiger partial charge in [-0.05, 0) is 63.1 Å². The molecule has 0 heterocycles. The number of aryl methyl sites for hydroxylation is 1. The van der Waals surface area contributed by atoms with Gasteiger partial charge in [-0.1, -0.05) is 30.9 Å². The fourth-order valence-electron chi connectivity index (χ4n) is 2.37. The number of benzene rings is 2. The van der Waals surface area contributed by atoms with Crippen molar-refractivity contribution in [3.8, 4) is 0 Å². The zero-order chi connectivity index (χ0) is 19.3. The summed E-state index contributed by atoms with van der Waals surface area (Å²) >= 11 is 0. The zero-order valence-corrected chi connectivity index (χ0v) is 15.6. The maximum atomic E-state index is 12.6. The van der Waals surface area contributed by atoms with E-state index < -0.39 is 11.7 Å². The highest BCUT2D eigenvalue weighted by atomic mass is 16.6. The summed E-state index contributed by atoms with van der Waals surface area (Å²) in [7, 11) is 0. The van der Waals surface area contributed by atoms with Gasteiger partial charge >= 0.3 is 6.09 Å². The van der Waals surface area contributed by atoms with Gasteiger partial charge in [0.15, 0.2) is 0 Å². The molecule has 2 aromatic rings. The molecule has 136 valence electrons. The number of amides is 2. The van der Waals surface area contributed by atoms with Crippen molar-refractivity contribution in [2.45, 2.75) is 33.3 Å². The minimum absolute atomic E-state index is 0.268. The summed E-state index contributed by atoms with van der Waals surface area (Å²) in [5.41, 5.74) is 2.71. The van der Waals surface area contributed by atoms with E-state index in [0.717, 1.165) is 11.1 Å². The molecular formula is C21H24N2O3. The van der Waals surface area contributed by atoms with Crippen molar-refractivity contribution in [2.75, 3.05) is 10.6 Å². The Morgan fingerprint density at radius 3 is 2.23 bits per heavy atom. The van der Waals surface area contributed by atoms with Crippen LogP contribution < -0.4 is 10.6 Å². The Labute approximate surface area is 154 Å². The highest BCUT2D eigenvalue weighted by molar-refractivity contribution is 6.07. The summed E-state index contributed by atoms with van der Waals surface area (Å²) < 4.78 is 5.26. The molecule has 0 unspecified atom stereocenters. The van der Waals surface area contributed by atoms with Crippen molar-refractivity contribution in [1.29, 1.82) is 0 Å². The van der Waals surface area contributed by atoms with E-state index in [-0.39, 0.29) is 5.91 Å². The highest BCUT2D eigenvalue weighted by Crippen LogP contribution is 2.23. The molecule has 0 atom stereocenters. The van der Waals surface area contributed by atoms with Crippen LogP contribution in [0.1, 0.15) is 42.3 Å². The van der Waals surface area contributed by atoms with E-state index in [0.29, 0.717) is 16.9 Å². The topological polar surface area (TPSA) is 67.4 Å². The molecule has 2 rings (SSSR count). The van der Waals surface area contributed by atoms with Gasteiger partial charge in [-0.2, -0.15) is 0 Å². The first-order valence-corrected chi connectivity index (χ1v) is 8.32. The second-order valence-electron chi connectivity index (χ2n) is 6.96. The number of nitrogens with one attached hydrogen (secondary N) is 2. The maximum absolute atomic E-state index is 12.6. The number of rotatable bonds is 4. The van der Waals surface area contributed by atoms with Gasteiger partial charge in [0.1, 0.15) is 5.60 Å². The van der Waals surface area contributed by atoms with Crippen LogP contribution in [0.2, 0.25) is 0 Å². The molecule has 0 aromatic heterocycles. The number of hydrogen-bond acceptors (Lipinski definition) is 3. The largest absolute Gasteiger partial charge is 0.444 e. The molecule has 0 fully saturated rings. The second-order valence-corrected chi connectivity index (χ2v) is 6.96. The van der Waals surface area contributed by atoms with E-state index in [1.54, 1.807) is 63.2 Å². The Hall–Kier alpha value is -3.08. The first-order valence-electron chi connectivity index (χ1n) is 8.32. The molecule has 0 saturated heterocycles. The molecule has 0 spiro atoms. The Morgan fingerprint density at radius 1 is 1.04 bits per heavy atom. The van der Waals surface area contributed by atoms with Gasteiger partial charge in [-0.15, -0.1) is 0 Å². The van der Waals surface area contributed by atoms with Gasteiger partial charge in [0, 0.05) is 5.56 Å². The first kappa shape index (κ1) is 19.2. The Morgan fingerprint density at radius 2 is 1.65 bits per heavy atom. The Balaban J connectivity index is 2.20. The normalized spacial score (nSPS) is 10.8. The van der Waals surface area contributed by atoms with Crippen molar-refractivity contribution in [3.63, 3.8) is 0 Å². The third-order valence-corrected chi connectivity index (χ3v) is 3.41. The average Bonchev–Trinajstić information content (AvgIpc) is 2.54. The number of para-hydroxylation sites is 2. The van der Waals surface area contributed by atoms with E-state index in [4.69, 9.17) is 4.74 Å². The lowest BCUT2D eigenvalue weighted by Crippen LogP contribution is -2.27. The third-order valence-electron chi connectivity index (χ3n) is 3.41.